The molecular formula is C37H34N6O5S. The molecule has 248 valence electrons. The van der Waals surface area contributed by atoms with Crippen LogP contribution in [0.4, 0.5) is 10.7 Å². The minimum Gasteiger partial charge on any atom is -0.493 e. The van der Waals surface area contributed by atoms with E-state index in [0.29, 0.717) is 45.5 Å². The maximum Gasteiger partial charge on any atom is 0.267 e. The van der Waals surface area contributed by atoms with E-state index in [0.717, 1.165) is 41.7 Å². The van der Waals surface area contributed by atoms with E-state index in [1.54, 1.807) is 43.2 Å². The first kappa shape index (κ1) is 31.8. The lowest BCUT2D eigenvalue weighted by molar-refractivity contribution is 0.102. The number of thiophene rings is 1. The summed E-state index contributed by atoms with van der Waals surface area (Å²) in [7, 11) is 3.14. The van der Waals surface area contributed by atoms with Gasteiger partial charge in [0.05, 0.1) is 30.7 Å². The van der Waals surface area contributed by atoms with Gasteiger partial charge in [0.1, 0.15) is 21.8 Å². The van der Waals surface area contributed by atoms with Crippen LogP contribution in [0.1, 0.15) is 49.6 Å². The van der Waals surface area contributed by atoms with Crippen molar-refractivity contribution >= 4 is 50.5 Å². The standard InChI is InChI=1S/C37H34N6O5S/c1-47-27-16-15-22(20-28(27)48-2)17-19-43-32(38)25(21-26-33(43)40-30-14-8-9-18-42(30)37(26)46)34(44)41-36-31(24-12-6-7-13-29(24)49-36)35(45)39-23-10-4-3-5-11-23/h3-5,8-11,14-16,18,20-21,38H,6-7,12-13,17,19H2,1-2H3,(H,39,45)(H,41,44). The number of ether oxygens (including phenoxy) is 2. The van der Waals surface area contributed by atoms with Crippen molar-refractivity contribution in [3.8, 4) is 11.5 Å². The first-order valence-corrected chi connectivity index (χ1v) is 16.8. The number of nitrogens with one attached hydrogen (secondary N) is 3. The van der Waals surface area contributed by atoms with Gasteiger partial charge in [0, 0.05) is 23.3 Å². The lowest BCUT2D eigenvalue weighted by atomic mass is 9.95. The van der Waals surface area contributed by atoms with Crippen molar-refractivity contribution in [2.45, 2.75) is 38.6 Å². The first-order valence-electron chi connectivity index (χ1n) is 16.0. The summed E-state index contributed by atoms with van der Waals surface area (Å²) in [4.78, 5) is 47.5. The number of amides is 2. The van der Waals surface area contributed by atoms with Gasteiger partial charge in [-0.05, 0) is 85.7 Å². The number of aromatic nitrogens is 3. The molecule has 0 unspecified atom stereocenters. The van der Waals surface area contributed by atoms with Crippen molar-refractivity contribution in [1.29, 1.82) is 5.41 Å². The summed E-state index contributed by atoms with van der Waals surface area (Å²) in [6.45, 7) is 0.249. The van der Waals surface area contributed by atoms with Gasteiger partial charge in [-0.2, -0.15) is 0 Å². The number of methoxy groups -OCH3 is 2. The fourth-order valence-electron chi connectivity index (χ4n) is 6.33. The number of nitrogens with zero attached hydrogens (tertiary/aromatic N) is 3. The van der Waals surface area contributed by atoms with Crippen molar-refractivity contribution in [2.24, 2.45) is 0 Å². The van der Waals surface area contributed by atoms with Gasteiger partial charge in [0.15, 0.2) is 11.5 Å². The molecule has 7 rings (SSSR count). The summed E-state index contributed by atoms with van der Waals surface area (Å²) in [5.41, 5.74) is 3.21. The van der Waals surface area contributed by atoms with Crippen LogP contribution in [-0.4, -0.2) is 40.0 Å². The predicted octanol–water partition coefficient (Wildman–Crippen LogP) is 5.83. The van der Waals surface area contributed by atoms with Gasteiger partial charge in [-0.25, -0.2) is 4.98 Å². The number of hydrogen-bond donors (Lipinski definition) is 3. The monoisotopic (exact) mass is 674 g/mol. The third kappa shape index (κ3) is 6.06. The average Bonchev–Trinajstić information content (AvgIpc) is 3.49. The van der Waals surface area contributed by atoms with Crippen LogP contribution in [0.2, 0.25) is 0 Å². The van der Waals surface area contributed by atoms with Crippen LogP contribution in [0.5, 0.6) is 11.5 Å². The number of aryl methyl sites for hydroxylation is 3. The molecule has 3 N–H and O–H groups in total. The molecule has 0 fully saturated rings. The van der Waals surface area contributed by atoms with Gasteiger partial charge in [0.25, 0.3) is 17.4 Å². The number of carbonyl (C=O) groups is 2. The fourth-order valence-corrected chi connectivity index (χ4v) is 7.62. The smallest absolute Gasteiger partial charge is 0.267 e. The molecule has 1 aliphatic carbocycles. The van der Waals surface area contributed by atoms with Gasteiger partial charge in [-0.15, -0.1) is 11.3 Å². The number of anilines is 2. The van der Waals surface area contributed by atoms with Gasteiger partial charge in [-0.1, -0.05) is 30.3 Å². The van der Waals surface area contributed by atoms with Crippen LogP contribution in [0.15, 0.2) is 83.8 Å². The van der Waals surface area contributed by atoms with Crippen molar-refractivity contribution in [3.63, 3.8) is 0 Å². The molecule has 0 bridgehead atoms. The summed E-state index contributed by atoms with van der Waals surface area (Å²) >= 11 is 1.40. The minimum atomic E-state index is -0.586. The van der Waals surface area contributed by atoms with E-state index in [4.69, 9.17) is 14.5 Å². The number of carbonyl (C=O) groups excluding carboxylic acids is 2. The lowest BCUT2D eigenvalue weighted by Gasteiger charge is -2.16. The molecule has 6 aromatic rings. The fraction of sp³-hybridized carbons (Fsp3) is 0.216. The number of hydrogen-bond acceptors (Lipinski definition) is 8. The summed E-state index contributed by atoms with van der Waals surface area (Å²) in [6, 6.07) is 21.5. The maximum absolute atomic E-state index is 14.2. The molecule has 1 aliphatic rings. The molecule has 2 aromatic carbocycles. The van der Waals surface area contributed by atoms with E-state index in [2.05, 4.69) is 10.6 Å². The van der Waals surface area contributed by atoms with Crippen LogP contribution in [0, 0.1) is 5.41 Å². The van der Waals surface area contributed by atoms with E-state index >= 15 is 0 Å². The Labute approximate surface area is 285 Å². The molecule has 49 heavy (non-hydrogen) atoms. The molecule has 4 heterocycles. The Bertz CT molecular complexity index is 2360. The topological polar surface area (TPSA) is 140 Å². The predicted molar refractivity (Wildman–Crippen MR) is 189 cm³/mol. The Morgan fingerprint density at radius 3 is 2.49 bits per heavy atom. The largest absolute Gasteiger partial charge is 0.493 e. The highest BCUT2D eigenvalue weighted by molar-refractivity contribution is 7.17. The SMILES string of the molecule is COc1ccc(CCn2c(=N)c(C(=O)Nc3sc4c(c3C(=O)Nc3ccccc3)CCCC4)cc3c(=O)n4ccccc4nc32)cc1OC. The summed E-state index contributed by atoms with van der Waals surface area (Å²) in [5, 5.41) is 15.8. The second-order valence-electron chi connectivity index (χ2n) is 11.8. The Morgan fingerprint density at radius 1 is 0.918 bits per heavy atom. The van der Waals surface area contributed by atoms with Crippen molar-refractivity contribution in [1.82, 2.24) is 14.0 Å². The van der Waals surface area contributed by atoms with Crippen LogP contribution in [0.3, 0.4) is 0 Å². The van der Waals surface area contributed by atoms with Gasteiger partial charge < -0.3 is 24.7 Å². The van der Waals surface area contributed by atoms with Crippen molar-refractivity contribution in [3.05, 3.63) is 122 Å². The molecule has 0 aliphatic heterocycles. The molecule has 2 amide bonds. The van der Waals surface area contributed by atoms with E-state index in [-0.39, 0.29) is 34.4 Å². The van der Waals surface area contributed by atoms with Crippen LogP contribution < -0.4 is 31.2 Å². The van der Waals surface area contributed by atoms with Crippen LogP contribution in [0.25, 0.3) is 16.7 Å². The Balaban J connectivity index is 1.30. The van der Waals surface area contributed by atoms with Gasteiger partial charge in [-0.3, -0.25) is 24.2 Å². The Kier molecular flexibility index (Phi) is 8.70. The van der Waals surface area contributed by atoms with E-state index in [9.17, 15) is 19.8 Å². The van der Waals surface area contributed by atoms with E-state index in [1.165, 1.54) is 21.8 Å². The second kappa shape index (κ2) is 13.4. The summed E-state index contributed by atoms with van der Waals surface area (Å²) in [5.74, 6) is 0.278. The third-order valence-electron chi connectivity index (χ3n) is 8.79. The molecule has 4 aromatic heterocycles. The molecule has 0 saturated heterocycles. The quantitative estimate of drug-likeness (QED) is 0.165. The van der Waals surface area contributed by atoms with Crippen LogP contribution in [-0.2, 0) is 25.8 Å². The normalized spacial score (nSPS) is 12.4. The molecule has 0 radical (unpaired) electrons. The molecule has 0 spiro atoms. The molecule has 0 saturated carbocycles. The summed E-state index contributed by atoms with van der Waals surface area (Å²) in [6.07, 6.45) is 5.61. The highest BCUT2D eigenvalue weighted by atomic mass is 32.1. The number of benzene rings is 2. The molecule has 0 atom stereocenters. The number of pyridine rings is 2. The summed E-state index contributed by atoms with van der Waals surface area (Å²) < 4.78 is 13.9. The van der Waals surface area contributed by atoms with Gasteiger partial charge >= 0.3 is 0 Å². The minimum absolute atomic E-state index is 0.00428. The zero-order valence-corrected chi connectivity index (χ0v) is 27.9. The number of fused-ring (bicyclic) bond motifs is 3. The first-order chi connectivity index (χ1) is 23.9. The number of rotatable bonds is 9. The van der Waals surface area contributed by atoms with Crippen molar-refractivity contribution in [2.75, 3.05) is 24.9 Å². The van der Waals surface area contributed by atoms with Crippen molar-refractivity contribution < 1.29 is 19.1 Å². The zero-order valence-electron chi connectivity index (χ0n) is 27.0. The Morgan fingerprint density at radius 2 is 1.69 bits per heavy atom. The van der Waals surface area contributed by atoms with Gasteiger partial charge in [0.2, 0.25) is 0 Å². The molecule has 12 heteroatoms. The Hall–Kier alpha value is -5.75. The highest BCUT2D eigenvalue weighted by Crippen LogP contribution is 2.39. The average molecular weight is 675 g/mol. The lowest BCUT2D eigenvalue weighted by Crippen LogP contribution is -2.32. The second-order valence-corrected chi connectivity index (χ2v) is 12.9. The maximum atomic E-state index is 14.2. The molecular weight excluding hydrogens is 641 g/mol. The molecule has 11 nitrogen and oxygen atoms in total. The third-order valence-corrected chi connectivity index (χ3v) is 10.00. The van der Waals surface area contributed by atoms with Crippen LogP contribution >= 0.6 is 11.3 Å². The highest BCUT2D eigenvalue weighted by Gasteiger charge is 2.28. The van der Waals surface area contributed by atoms with E-state index in [1.807, 2.05) is 48.5 Å². The zero-order chi connectivity index (χ0) is 34.1. The number of para-hydroxylation sites is 1. The van der Waals surface area contributed by atoms with E-state index < -0.39 is 5.91 Å².